The molecule has 0 saturated heterocycles. The fourth-order valence-corrected chi connectivity index (χ4v) is 3.60. The molecular weight excluding hydrogens is 372 g/mol. The van der Waals surface area contributed by atoms with E-state index in [0.29, 0.717) is 5.56 Å². The van der Waals surface area contributed by atoms with Crippen LogP contribution in [0, 0.1) is 0 Å². The lowest BCUT2D eigenvalue weighted by molar-refractivity contribution is 0.0955. The van der Waals surface area contributed by atoms with Crippen LogP contribution in [0.3, 0.4) is 0 Å². The van der Waals surface area contributed by atoms with Gasteiger partial charge < -0.3 is 0 Å². The van der Waals surface area contributed by atoms with Gasteiger partial charge in [0, 0.05) is 26.1 Å². The van der Waals surface area contributed by atoms with Gasteiger partial charge in [-0.3, -0.25) is 4.79 Å². The summed E-state index contributed by atoms with van der Waals surface area (Å²) in [6.45, 7) is 0. The van der Waals surface area contributed by atoms with E-state index in [9.17, 15) is 4.79 Å². The normalized spacial score (nSPS) is 10.9. The lowest BCUT2D eigenvalue weighted by Crippen LogP contribution is -2.17. The van der Waals surface area contributed by atoms with Crippen LogP contribution in [0.1, 0.15) is 20.8 Å². The molecule has 126 valence electrons. The Morgan fingerprint density at radius 3 is 2.56 bits per heavy atom. The highest BCUT2D eigenvalue weighted by Crippen LogP contribution is 2.24. The molecule has 0 saturated carbocycles. The number of halogens is 1. The molecular formula is C19H15ClN2OS2. The number of carbonyl (C=O) groups excluding carboxylic acids is 1. The minimum atomic E-state index is -0.218. The van der Waals surface area contributed by atoms with Crippen molar-refractivity contribution >= 4 is 46.8 Å². The minimum Gasteiger partial charge on any atom is -0.267 e. The van der Waals surface area contributed by atoms with E-state index in [-0.39, 0.29) is 5.91 Å². The zero-order valence-electron chi connectivity index (χ0n) is 13.2. The monoisotopic (exact) mass is 386 g/mol. The van der Waals surface area contributed by atoms with E-state index in [4.69, 9.17) is 11.6 Å². The number of thiophene rings is 1. The van der Waals surface area contributed by atoms with Crippen LogP contribution >= 0.6 is 34.7 Å². The van der Waals surface area contributed by atoms with E-state index in [2.05, 4.69) is 10.5 Å². The molecule has 3 nitrogen and oxygen atoms in total. The van der Waals surface area contributed by atoms with Gasteiger partial charge in [-0.2, -0.15) is 5.10 Å². The lowest BCUT2D eigenvalue weighted by Gasteiger charge is -2.04. The molecule has 0 spiro atoms. The smallest absolute Gasteiger partial charge is 0.267 e. The van der Waals surface area contributed by atoms with Gasteiger partial charge in [0.15, 0.2) is 0 Å². The van der Waals surface area contributed by atoms with Crippen LogP contribution in [-0.2, 0) is 5.75 Å². The molecule has 0 radical (unpaired) electrons. The Balaban J connectivity index is 1.52. The third-order valence-corrected chi connectivity index (χ3v) is 5.48. The van der Waals surface area contributed by atoms with Crippen LogP contribution in [0.4, 0.5) is 0 Å². The number of hydrogen-bond acceptors (Lipinski definition) is 4. The molecule has 0 atom stereocenters. The number of hydrogen-bond donors (Lipinski definition) is 1. The maximum atomic E-state index is 12.1. The van der Waals surface area contributed by atoms with Gasteiger partial charge in [-0.05, 0) is 53.4 Å². The number of thioether (sulfide) groups is 1. The SMILES string of the molecule is O=C(N/N=C\c1cccs1)c1ccc(CSc2ccc(Cl)cc2)cc1. The molecule has 2 aromatic carbocycles. The van der Waals surface area contributed by atoms with E-state index in [1.54, 1.807) is 29.3 Å². The average molecular weight is 387 g/mol. The number of nitrogens with zero attached hydrogens (tertiary/aromatic N) is 1. The Bertz CT molecular complexity index is 844. The van der Waals surface area contributed by atoms with Gasteiger partial charge in [-0.25, -0.2) is 5.43 Å². The first-order chi connectivity index (χ1) is 12.2. The summed E-state index contributed by atoms with van der Waals surface area (Å²) < 4.78 is 0. The Hall–Kier alpha value is -2.08. The van der Waals surface area contributed by atoms with Gasteiger partial charge in [-0.1, -0.05) is 29.8 Å². The predicted molar refractivity (Wildman–Crippen MR) is 107 cm³/mol. The van der Waals surface area contributed by atoms with Crippen LogP contribution in [0.15, 0.2) is 76.0 Å². The van der Waals surface area contributed by atoms with Gasteiger partial charge in [0.05, 0.1) is 6.21 Å². The highest BCUT2D eigenvalue weighted by molar-refractivity contribution is 7.98. The number of hydrazone groups is 1. The van der Waals surface area contributed by atoms with Crippen molar-refractivity contribution in [3.8, 4) is 0 Å². The Morgan fingerprint density at radius 1 is 1.12 bits per heavy atom. The summed E-state index contributed by atoms with van der Waals surface area (Å²) in [7, 11) is 0. The van der Waals surface area contributed by atoms with Crippen molar-refractivity contribution in [2.24, 2.45) is 5.10 Å². The maximum Gasteiger partial charge on any atom is 0.271 e. The van der Waals surface area contributed by atoms with E-state index in [1.165, 1.54) is 0 Å². The quantitative estimate of drug-likeness (QED) is 0.347. The van der Waals surface area contributed by atoms with Gasteiger partial charge in [-0.15, -0.1) is 23.1 Å². The summed E-state index contributed by atoms with van der Waals surface area (Å²) in [6.07, 6.45) is 1.64. The number of carbonyl (C=O) groups is 1. The van der Waals surface area contributed by atoms with E-state index >= 15 is 0 Å². The summed E-state index contributed by atoms with van der Waals surface area (Å²) in [5.74, 6) is 0.616. The number of benzene rings is 2. The topological polar surface area (TPSA) is 41.5 Å². The Labute approximate surface area is 159 Å². The Kier molecular flexibility index (Phi) is 6.28. The standard InChI is InChI=1S/C19H15ClN2OS2/c20-16-7-9-17(10-8-16)25-13-14-3-5-15(6-4-14)19(23)22-21-12-18-2-1-11-24-18/h1-12H,13H2,(H,22,23)/b21-12-. The molecule has 3 aromatic rings. The van der Waals surface area contributed by atoms with Crippen molar-refractivity contribution in [3.05, 3.63) is 87.1 Å². The second kappa shape index (κ2) is 8.85. The molecule has 0 aliphatic carbocycles. The van der Waals surface area contributed by atoms with Crippen molar-refractivity contribution in [3.63, 3.8) is 0 Å². The molecule has 1 N–H and O–H groups in total. The van der Waals surface area contributed by atoms with E-state index < -0.39 is 0 Å². The van der Waals surface area contributed by atoms with Crippen molar-refractivity contribution < 1.29 is 4.79 Å². The molecule has 0 unspecified atom stereocenters. The molecule has 1 amide bonds. The second-order valence-electron chi connectivity index (χ2n) is 5.15. The van der Waals surface area contributed by atoms with Gasteiger partial charge in [0.2, 0.25) is 0 Å². The molecule has 1 aromatic heterocycles. The van der Waals surface area contributed by atoms with Crippen molar-refractivity contribution in [1.29, 1.82) is 0 Å². The zero-order valence-corrected chi connectivity index (χ0v) is 15.6. The van der Waals surface area contributed by atoms with Crippen LogP contribution in [0.2, 0.25) is 5.02 Å². The van der Waals surface area contributed by atoms with E-state index in [1.807, 2.05) is 66.0 Å². The maximum absolute atomic E-state index is 12.1. The summed E-state index contributed by atoms with van der Waals surface area (Å²) in [5.41, 5.74) is 4.28. The highest BCUT2D eigenvalue weighted by atomic mass is 35.5. The molecule has 0 aliphatic heterocycles. The zero-order chi connectivity index (χ0) is 17.5. The first-order valence-corrected chi connectivity index (χ1v) is 9.79. The fraction of sp³-hybridized carbons (Fsp3) is 0.0526. The van der Waals surface area contributed by atoms with Crippen LogP contribution < -0.4 is 5.43 Å². The molecule has 0 aliphatic rings. The largest absolute Gasteiger partial charge is 0.271 e. The highest BCUT2D eigenvalue weighted by Gasteiger charge is 2.04. The van der Waals surface area contributed by atoms with Crippen LogP contribution in [-0.4, -0.2) is 12.1 Å². The number of nitrogens with one attached hydrogen (secondary N) is 1. The van der Waals surface area contributed by atoms with Gasteiger partial charge in [0.1, 0.15) is 0 Å². The number of rotatable bonds is 6. The second-order valence-corrected chi connectivity index (χ2v) is 7.62. The molecule has 25 heavy (non-hydrogen) atoms. The minimum absolute atomic E-state index is 0.218. The van der Waals surface area contributed by atoms with Crippen molar-refractivity contribution in [2.45, 2.75) is 10.6 Å². The fourth-order valence-electron chi connectivity index (χ4n) is 2.03. The van der Waals surface area contributed by atoms with E-state index in [0.717, 1.165) is 26.1 Å². The molecule has 0 bridgehead atoms. The third kappa shape index (κ3) is 5.46. The lowest BCUT2D eigenvalue weighted by atomic mass is 10.1. The van der Waals surface area contributed by atoms with Gasteiger partial charge >= 0.3 is 0 Å². The van der Waals surface area contributed by atoms with Crippen LogP contribution in [0.5, 0.6) is 0 Å². The molecule has 3 rings (SSSR count). The molecule has 6 heteroatoms. The first kappa shape index (κ1) is 17.7. The first-order valence-electron chi connectivity index (χ1n) is 7.55. The summed E-state index contributed by atoms with van der Waals surface area (Å²) in [4.78, 5) is 14.2. The Morgan fingerprint density at radius 2 is 1.88 bits per heavy atom. The van der Waals surface area contributed by atoms with Crippen molar-refractivity contribution in [1.82, 2.24) is 5.43 Å². The van der Waals surface area contributed by atoms with Crippen LogP contribution in [0.25, 0.3) is 0 Å². The average Bonchev–Trinajstić information content (AvgIpc) is 3.15. The summed E-state index contributed by atoms with van der Waals surface area (Å²) >= 11 is 9.18. The molecule has 0 fully saturated rings. The molecule has 1 heterocycles. The summed E-state index contributed by atoms with van der Waals surface area (Å²) in [5, 5.41) is 6.67. The predicted octanol–water partition coefficient (Wildman–Crippen LogP) is 5.46. The number of amides is 1. The summed E-state index contributed by atoms with van der Waals surface area (Å²) in [6, 6.07) is 19.2. The van der Waals surface area contributed by atoms with Crippen molar-refractivity contribution in [2.75, 3.05) is 0 Å². The third-order valence-electron chi connectivity index (χ3n) is 3.34. The van der Waals surface area contributed by atoms with Gasteiger partial charge in [0.25, 0.3) is 5.91 Å².